The number of carbonyl (C=O) groups is 1. The van der Waals surface area contributed by atoms with Crippen molar-refractivity contribution in [2.24, 2.45) is 0 Å². The Bertz CT molecular complexity index is 425. The number of rotatable bonds is 3. The van der Waals surface area contributed by atoms with Crippen LogP contribution in [0.25, 0.3) is 0 Å². The highest BCUT2D eigenvalue weighted by Crippen LogP contribution is 2.17. The van der Waals surface area contributed by atoms with Crippen LogP contribution in [0.15, 0.2) is 28.7 Å². The molecule has 0 spiro atoms. The first-order valence-corrected chi connectivity index (χ1v) is 6.84. The average Bonchev–Trinajstić information content (AvgIpc) is 2.36. The van der Waals surface area contributed by atoms with Gasteiger partial charge in [-0.15, -0.1) is 0 Å². The van der Waals surface area contributed by atoms with Crippen molar-refractivity contribution in [3.63, 3.8) is 0 Å². The van der Waals surface area contributed by atoms with Gasteiger partial charge in [-0.2, -0.15) is 0 Å². The Morgan fingerprint density at radius 3 is 3.17 bits per heavy atom. The normalized spacial score (nSPS) is 19.7. The molecule has 1 aromatic rings. The second-order valence-corrected chi connectivity index (χ2v) is 5.36. The van der Waals surface area contributed by atoms with Crippen LogP contribution in [0.3, 0.4) is 0 Å². The van der Waals surface area contributed by atoms with Gasteiger partial charge in [-0.25, -0.2) is 0 Å². The first-order chi connectivity index (χ1) is 8.65. The highest BCUT2D eigenvalue weighted by atomic mass is 79.9. The molecule has 0 saturated carbocycles. The monoisotopic (exact) mass is 312 g/mol. The standard InChI is InChI=1S/C13H17BrN2O2/c1-10-8-16(6-5-15-10)13(17)9-18-12-4-2-3-11(14)7-12/h2-4,7,10,15H,5-6,8-9H2,1H3/t10-/m0/s1. The minimum Gasteiger partial charge on any atom is -0.484 e. The largest absolute Gasteiger partial charge is 0.484 e. The van der Waals surface area contributed by atoms with Gasteiger partial charge in [0.15, 0.2) is 6.61 Å². The van der Waals surface area contributed by atoms with E-state index in [0.717, 1.165) is 24.1 Å². The summed E-state index contributed by atoms with van der Waals surface area (Å²) in [4.78, 5) is 13.8. The Morgan fingerprint density at radius 1 is 1.61 bits per heavy atom. The van der Waals surface area contributed by atoms with Gasteiger partial charge in [0.05, 0.1) is 0 Å². The first kappa shape index (κ1) is 13.4. The lowest BCUT2D eigenvalue weighted by atomic mass is 10.2. The van der Waals surface area contributed by atoms with Gasteiger partial charge in [-0.3, -0.25) is 4.79 Å². The van der Waals surface area contributed by atoms with Crippen LogP contribution in [0.1, 0.15) is 6.92 Å². The predicted molar refractivity (Wildman–Crippen MR) is 73.7 cm³/mol. The van der Waals surface area contributed by atoms with Crippen molar-refractivity contribution in [1.82, 2.24) is 10.2 Å². The summed E-state index contributed by atoms with van der Waals surface area (Å²) in [5.74, 6) is 0.754. The van der Waals surface area contributed by atoms with Crippen molar-refractivity contribution in [1.29, 1.82) is 0 Å². The summed E-state index contributed by atoms with van der Waals surface area (Å²) >= 11 is 3.37. The Balaban J connectivity index is 1.84. The summed E-state index contributed by atoms with van der Waals surface area (Å²) < 4.78 is 6.44. The number of hydrogen-bond donors (Lipinski definition) is 1. The van der Waals surface area contributed by atoms with Crippen LogP contribution in [-0.4, -0.2) is 43.1 Å². The molecule has 1 saturated heterocycles. The molecule has 1 atom stereocenters. The fourth-order valence-corrected chi connectivity index (χ4v) is 2.33. The number of piperazine rings is 1. The second kappa shape index (κ2) is 6.20. The van der Waals surface area contributed by atoms with E-state index in [-0.39, 0.29) is 12.5 Å². The summed E-state index contributed by atoms with van der Waals surface area (Å²) in [5, 5.41) is 3.31. The summed E-state index contributed by atoms with van der Waals surface area (Å²) in [5.41, 5.74) is 0. The van der Waals surface area contributed by atoms with Gasteiger partial charge in [-0.05, 0) is 25.1 Å². The molecular formula is C13H17BrN2O2. The van der Waals surface area contributed by atoms with Crippen molar-refractivity contribution in [2.75, 3.05) is 26.2 Å². The van der Waals surface area contributed by atoms with E-state index in [0.29, 0.717) is 11.8 Å². The van der Waals surface area contributed by atoms with Gasteiger partial charge in [0.1, 0.15) is 5.75 Å². The Kier molecular flexibility index (Phi) is 4.60. The van der Waals surface area contributed by atoms with E-state index in [1.165, 1.54) is 0 Å². The molecule has 98 valence electrons. The summed E-state index contributed by atoms with van der Waals surface area (Å²) in [6, 6.07) is 7.86. The van der Waals surface area contributed by atoms with E-state index >= 15 is 0 Å². The lowest BCUT2D eigenvalue weighted by molar-refractivity contribution is -0.134. The number of carbonyl (C=O) groups excluding carboxylic acids is 1. The third kappa shape index (κ3) is 3.71. The second-order valence-electron chi connectivity index (χ2n) is 4.44. The van der Waals surface area contributed by atoms with Gasteiger partial charge in [-0.1, -0.05) is 22.0 Å². The van der Waals surface area contributed by atoms with Crippen LogP contribution < -0.4 is 10.1 Å². The number of benzene rings is 1. The topological polar surface area (TPSA) is 41.6 Å². The molecule has 0 aromatic heterocycles. The zero-order valence-corrected chi connectivity index (χ0v) is 11.9. The molecule has 0 bridgehead atoms. The zero-order chi connectivity index (χ0) is 13.0. The molecule has 0 radical (unpaired) electrons. The van der Waals surface area contributed by atoms with E-state index in [1.807, 2.05) is 29.2 Å². The van der Waals surface area contributed by atoms with E-state index in [4.69, 9.17) is 4.74 Å². The Hall–Kier alpha value is -1.07. The highest BCUT2D eigenvalue weighted by Gasteiger charge is 2.20. The number of halogens is 1. The highest BCUT2D eigenvalue weighted by molar-refractivity contribution is 9.10. The zero-order valence-electron chi connectivity index (χ0n) is 10.4. The van der Waals surface area contributed by atoms with Crippen LogP contribution in [0, 0.1) is 0 Å². The molecule has 1 aliphatic heterocycles. The maximum absolute atomic E-state index is 12.0. The molecule has 1 aliphatic rings. The van der Waals surface area contributed by atoms with Crippen molar-refractivity contribution in [3.05, 3.63) is 28.7 Å². The quantitative estimate of drug-likeness (QED) is 0.922. The molecule has 0 unspecified atom stereocenters. The van der Waals surface area contributed by atoms with E-state index in [1.54, 1.807) is 0 Å². The molecule has 2 rings (SSSR count). The number of nitrogens with zero attached hydrogens (tertiary/aromatic N) is 1. The van der Waals surface area contributed by atoms with Gasteiger partial charge in [0.2, 0.25) is 0 Å². The summed E-state index contributed by atoms with van der Waals surface area (Å²) in [6.07, 6.45) is 0. The minimum atomic E-state index is 0.0447. The maximum atomic E-state index is 12.0. The van der Waals surface area contributed by atoms with Crippen LogP contribution in [-0.2, 0) is 4.79 Å². The van der Waals surface area contributed by atoms with E-state index in [2.05, 4.69) is 28.2 Å². The number of ether oxygens (including phenoxy) is 1. The number of amides is 1. The Labute approximate surface area is 115 Å². The van der Waals surface area contributed by atoms with Crippen molar-refractivity contribution < 1.29 is 9.53 Å². The van der Waals surface area contributed by atoms with Crippen LogP contribution >= 0.6 is 15.9 Å². The van der Waals surface area contributed by atoms with E-state index < -0.39 is 0 Å². The van der Waals surface area contributed by atoms with Crippen LogP contribution in [0.4, 0.5) is 0 Å². The molecule has 1 N–H and O–H groups in total. The molecule has 18 heavy (non-hydrogen) atoms. The first-order valence-electron chi connectivity index (χ1n) is 6.04. The molecule has 1 heterocycles. The third-order valence-corrected chi connectivity index (χ3v) is 3.37. The molecule has 1 aromatic carbocycles. The van der Waals surface area contributed by atoms with Gasteiger partial charge >= 0.3 is 0 Å². The lowest BCUT2D eigenvalue weighted by Gasteiger charge is -2.31. The number of nitrogens with one attached hydrogen (secondary N) is 1. The van der Waals surface area contributed by atoms with Gasteiger partial charge in [0, 0.05) is 30.1 Å². The predicted octanol–water partition coefficient (Wildman–Crippen LogP) is 1.65. The molecule has 0 aliphatic carbocycles. The number of hydrogen-bond acceptors (Lipinski definition) is 3. The minimum absolute atomic E-state index is 0.0447. The van der Waals surface area contributed by atoms with Gasteiger partial charge in [0.25, 0.3) is 5.91 Å². The smallest absolute Gasteiger partial charge is 0.260 e. The summed E-state index contributed by atoms with van der Waals surface area (Å²) in [6.45, 7) is 4.53. The summed E-state index contributed by atoms with van der Waals surface area (Å²) in [7, 11) is 0. The molecular weight excluding hydrogens is 296 g/mol. The van der Waals surface area contributed by atoms with Crippen LogP contribution in [0.2, 0.25) is 0 Å². The molecule has 5 heteroatoms. The lowest BCUT2D eigenvalue weighted by Crippen LogP contribution is -2.52. The Morgan fingerprint density at radius 2 is 2.44 bits per heavy atom. The maximum Gasteiger partial charge on any atom is 0.260 e. The fourth-order valence-electron chi connectivity index (χ4n) is 1.95. The third-order valence-electron chi connectivity index (χ3n) is 2.88. The van der Waals surface area contributed by atoms with Gasteiger partial charge < -0.3 is 15.0 Å². The van der Waals surface area contributed by atoms with E-state index in [9.17, 15) is 4.79 Å². The fraction of sp³-hybridized carbons (Fsp3) is 0.462. The van der Waals surface area contributed by atoms with Crippen LogP contribution in [0.5, 0.6) is 5.75 Å². The van der Waals surface area contributed by atoms with Crippen molar-refractivity contribution >= 4 is 21.8 Å². The SMILES string of the molecule is C[C@H]1CN(C(=O)COc2cccc(Br)c2)CCN1. The van der Waals surface area contributed by atoms with Crippen molar-refractivity contribution in [2.45, 2.75) is 13.0 Å². The average molecular weight is 313 g/mol. The molecule has 1 fully saturated rings. The molecule has 4 nitrogen and oxygen atoms in total. The van der Waals surface area contributed by atoms with Crippen molar-refractivity contribution in [3.8, 4) is 5.75 Å². The molecule has 1 amide bonds.